The van der Waals surface area contributed by atoms with Crippen molar-refractivity contribution < 1.29 is 18.3 Å². The predicted octanol–water partition coefficient (Wildman–Crippen LogP) is 1.95. The normalized spacial score (nSPS) is 13.2. The topological polar surface area (TPSA) is 92.5 Å². The molecule has 0 saturated carbocycles. The van der Waals surface area contributed by atoms with E-state index < -0.39 is 27.0 Å². The maximum atomic E-state index is 11.5. The van der Waals surface area contributed by atoms with Crippen LogP contribution in [0.1, 0.15) is 34.6 Å². The van der Waals surface area contributed by atoms with Crippen LogP contribution in [0.25, 0.3) is 0 Å². The molecule has 0 spiro atoms. The van der Waals surface area contributed by atoms with Gasteiger partial charge in [-0.05, 0) is 34.6 Å². The van der Waals surface area contributed by atoms with Crippen LogP contribution in [0.15, 0.2) is 12.4 Å². The number of sulfone groups is 1. The quantitative estimate of drug-likeness (QED) is 0.916. The SMILES string of the molecule is CC(C)(C)N(C(=O)O)c1cnn(C(C)(C)CS(C)(=O)=O)c1. The molecular weight excluding hydrogens is 294 g/mol. The summed E-state index contributed by atoms with van der Waals surface area (Å²) in [5, 5.41) is 13.5. The Hall–Kier alpha value is -1.57. The first-order valence-corrected chi connectivity index (χ1v) is 8.56. The number of nitrogens with zero attached hydrogens (tertiary/aromatic N) is 3. The van der Waals surface area contributed by atoms with Gasteiger partial charge in [0.25, 0.3) is 0 Å². The third-order valence-electron chi connectivity index (χ3n) is 2.92. The zero-order chi connectivity index (χ0) is 16.6. The van der Waals surface area contributed by atoms with Crippen molar-refractivity contribution in [2.45, 2.75) is 45.7 Å². The van der Waals surface area contributed by atoms with Crippen molar-refractivity contribution in [1.82, 2.24) is 9.78 Å². The molecule has 0 unspecified atom stereocenters. The molecule has 0 radical (unpaired) electrons. The largest absolute Gasteiger partial charge is 0.465 e. The van der Waals surface area contributed by atoms with E-state index in [9.17, 15) is 18.3 Å². The third-order valence-corrected chi connectivity index (χ3v) is 4.16. The van der Waals surface area contributed by atoms with Gasteiger partial charge >= 0.3 is 6.09 Å². The van der Waals surface area contributed by atoms with Crippen molar-refractivity contribution in [3.8, 4) is 0 Å². The number of amides is 1. The summed E-state index contributed by atoms with van der Waals surface area (Å²) in [6, 6.07) is 0. The van der Waals surface area contributed by atoms with Gasteiger partial charge in [-0.25, -0.2) is 13.2 Å². The van der Waals surface area contributed by atoms with Crippen molar-refractivity contribution in [1.29, 1.82) is 0 Å². The summed E-state index contributed by atoms with van der Waals surface area (Å²) in [5.74, 6) is -0.0797. The molecule has 0 aliphatic rings. The second-order valence-electron chi connectivity index (χ2n) is 6.81. The maximum absolute atomic E-state index is 11.5. The Bertz CT molecular complexity index is 626. The van der Waals surface area contributed by atoms with E-state index in [1.165, 1.54) is 15.8 Å². The van der Waals surface area contributed by atoms with Gasteiger partial charge in [0.1, 0.15) is 9.84 Å². The van der Waals surface area contributed by atoms with E-state index in [0.29, 0.717) is 5.69 Å². The van der Waals surface area contributed by atoms with E-state index in [0.717, 1.165) is 6.26 Å². The molecule has 0 bridgehead atoms. The molecule has 1 aromatic heterocycles. The van der Waals surface area contributed by atoms with E-state index in [2.05, 4.69) is 5.10 Å². The predicted molar refractivity (Wildman–Crippen MR) is 81.5 cm³/mol. The Kier molecular flexibility index (Phi) is 4.43. The summed E-state index contributed by atoms with van der Waals surface area (Å²) in [6.45, 7) is 8.82. The first-order valence-electron chi connectivity index (χ1n) is 6.50. The van der Waals surface area contributed by atoms with Crippen LogP contribution in [0.2, 0.25) is 0 Å². The van der Waals surface area contributed by atoms with Crippen LogP contribution in [0.4, 0.5) is 10.5 Å². The Morgan fingerprint density at radius 3 is 2.24 bits per heavy atom. The van der Waals surface area contributed by atoms with E-state index in [4.69, 9.17) is 0 Å². The Morgan fingerprint density at radius 1 is 1.33 bits per heavy atom. The number of anilines is 1. The zero-order valence-electron chi connectivity index (χ0n) is 13.3. The molecule has 0 saturated heterocycles. The summed E-state index contributed by atoms with van der Waals surface area (Å²) in [7, 11) is -3.18. The number of hydrogen-bond donors (Lipinski definition) is 1. The lowest BCUT2D eigenvalue weighted by Gasteiger charge is -2.32. The number of carboxylic acid groups (broad SMARTS) is 1. The molecule has 7 nitrogen and oxygen atoms in total. The Labute approximate surface area is 125 Å². The van der Waals surface area contributed by atoms with Gasteiger partial charge in [0.15, 0.2) is 0 Å². The molecule has 0 aliphatic heterocycles. The van der Waals surface area contributed by atoms with Crippen molar-refractivity contribution >= 4 is 21.6 Å². The van der Waals surface area contributed by atoms with Crippen LogP contribution in [0, 0.1) is 0 Å². The molecule has 1 rings (SSSR count). The fraction of sp³-hybridized carbons (Fsp3) is 0.692. The van der Waals surface area contributed by atoms with Crippen molar-refractivity contribution in [3.63, 3.8) is 0 Å². The minimum absolute atomic E-state index is 0.0797. The molecule has 8 heteroatoms. The standard InChI is InChI=1S/C13H23N3O4S/c1-12(2,3)16(11(17)18)10-7-14-15(8-10)13(4,5)9-21(6,19)20/h7-8H,9H2,1-6H3,(H,17,18). The van der Waals surface area contributed by atoms with E-state index in [1.807, 2.05) is 0 Å². The fourth-order valence-corrected chi connectivity index (χ4v) is 3.67. The highest BCUT2D eigenvalue weighted by atomic mass is 32.2. The summed E-state index contributed by atoms with van der Waals surface area (Å²) in [4.78, 5) is 12.6. The number of hydrogen-bond acceptors (Lipinski definition) is 4. The summed E-state index contributed by atoms with van der Waals surface area (Å²) in [5.41, 5.74) is -0.967. The Balaban J connectivity index is 3.19. The van der Waals surface area contributed by atoms with Crippen LogP contribution < -0.4 is 4.90 Å². The van der Waals surface area contributed by atoms with Crippen molar-refractivity contribution in [2.75, 3.05) is 16.9 Å². The number of aromatic nitrogens is 2. The van der Waals surface area contributed by atoms with Gasteiger partial charge in [0, 0.05) is 18.0 Å². The highest BCUT2D eigenvalue weighted by Gasteiger charge is 2.31. The van der Waals surface area contributed by atoms with Crippen LogP contribution in [0.5, 0.6) is 0 Å². The molecule has 120 valence electrons. The molecule has 0 fully saturated rings. The van der Waals surface area contributed by atoms with Crippen molar-refractivity contribution in [3.05, 3.63) is 12.4 Å². The number of rotatable bonds is 4. The molecule has 1 amide bonds. The smallest absolute Gasteiger partial charge is 0.412 e. The molecule has 21 heavy (non-hydrogen) atoms. The average molecular weight is 317 g/mol. The zero-order valence-corrected chi connectivity index (χ0v) is 14.1. The minimum Gasteiger partial charge on any atom is -0.465 e. The molecular formula is C13H23N3O4S. The van der Waals surface area contributed by atoms with Crippen LogP contribution in [-0.4, -0.2) is 46.9 Å². The van der Waals surface area contributed by atoms with E-state index in [-0.39, 0.29) is 5.75 Å². The first kappa shape index (κ1) is 17.5. The van der Waals surface area contributed by atoms with Crippen LogP contribution in [0.3, 0.4) is 0 Å². The van der Waals surface area contributed by atoms with Gasteiger partial charge < -0.3 is 5.11 Å². The minimum atomic E-state index is -3.18. The van der Waals surface area contributed by atoms with E-state index >= 15 is 0 Å². The Morgan fingerprint density at radius 2 is 1.86 bits per heavy atom. The summed E-state index contributed by atoms with van der Waals surface area (Å²) in [6.07, 6.45) is 3.08. The van der Waals surface area contributed by atoms with E-state index in [1.54, 1.807) is 40.8 Å². The van der Waals surface area contributed by atoms with Gasteiger partial charge in [0.05, 0.1) is 23.2 Å². The van der Waals surface area contributed by atoms with Crippen molar-refractivity contribution in [2.24, 2.45) is 0 Å². The molecule has 1 aromatic rings. The second kappa shape index (κ2) is 5.32. The maximum Gasteiger partial charge on any atom is 0.412 e. The fourth-order valence-electron chi connectivity index (χ4n) is 2.25. The van der Waals surface area contributed by atoms with Crippen LogP contribution >= 0.6 is 0 Å². The molecule has 0 atom stereocenters. The van der Waals surface area contributed by atoms with Crippen LogP contribution in [-0.2, 0) is 15.4 Å². The number of carbonyl (C=O) groups is 1. The molecule has 1 N–H and O–H groups in total. The van der Waals surface area contributed by atoms with Gasteiger partial charge in [-0.1, -0.05) is 0 Å². The average Bonchev–Trinajstić information content (AvgIpc) is 2.59. The lowest BCUT2D eigenvalue weighted by molar-refractivity contribution is 0.195. The molecule has 0 aliphatic carbocycles. The second-order valence-corrected chi connectivity index (χ2v) is 8.95. The highest BCUT2D eigenvalue weighted by molar-refractivity contribution is 7.90. The summed E-state index contributed by atoms with van der Waals surface area (Å²) >= 11 is 0. The highest BCUT2D eigenvalue weighted by Crippen LogP contribution is 2.26. The lowest BCUT2D eigenvalue weighted by Crippen LogP contribution is -2.45. The van der Waals surface area contributed by atoms with Gasteiger partial charge in [0.2, 0.25) is 0 Å². The van der Waals surface area contributed by atoms with Gasteiger partial charge in [-0.15, -0.1) is 0 Å². The summed E-state index contributed by atoms with van der Waals surface area (Å²) < 4.78 is 24.5. The lowest BCUT2D eigenvalue weighted by atomic mass is 10.1. The third kappa shape index (κ3) is 4.45. The first-order chi connectivity index (χ1) is 9.24. The van der Waals surface area contributed by atoms with Gasteiger partial charge in [-0.2, -0.15) is 5.10 Å². The van der Waals surface area contributed by atoms with Gasteiger partial charge in [-0.3, -0.25) is 9.58 Å². The monoisotopic (exact) mass is 317 g/mol. The molecule has 1 heterocycles. The molecule has 0 aromatic carbocycles.